The van der Waals surface area contributed by atoms with Crippen molar-refractivity contribution in [1.29, 1.82) is 0 Å². The predicted molar refractivity (Wildman–Crippen MR) is 79.1 cm³/mol. The number of thiophene rings is 1. The highest BCUT2D eigenvalue weighted by atomic mass is 35.5. The molecule has 4 nitrogen and oxygen atoms in total. The molecule has 1 heterocycles. The Balaban J connectivity index is 2.04. The van der Waals surface area contributed by atoms with Crippen molar-refractivity contribution in [1.82, 2.24) is 0 Å². The van der Waals surface area contributed by atoms with Gasteiger partial charge in [-0.2, -0.15) is 0 Å². The third kappa shape index (κ3) is 3.62. The molecule has 0 aliphatic rings. The summed E-state index contributed by atoms with van der Waals surface area (Å²) in [6.45, 7) is 2.06. The fourth-order valence-electron chi connectivity index (χ4n) is 1.58. The van der Waals surface area contributed by atoms with Crippen LogP contribution in [0.25, 0.3) is 0 Å². The quantitative estimate of drug-likeness (QED) is 0.754. The fraction of sp³-hybridized carbons (Fsp3) is 0.154. The summed E-state index contributed by atoms with van der Waals surface area (Å²) < 4.78 is 0. The number of phenolic OH excluding ortho intramolecular Hbond substituents is 1. The first-order valence-electron chi connectivity index (χ1n) is 5.62. The zero-order valence-corrected chi connectivity index (χ0v) is 11.8. The highest BCUT2D eigenvalue weighted by molar-refractivity contribution is 7.10. The molecule has 0 spiro atoms. The fourth-order valence-corrected chi connectivity index (χ4v) is 2.53. The number of benzene rings is 1. The Morgan fingerprint density at radius 2 is 2.21 bits per heavy atom. The summed E-state index contributed by atoms with van der Waals surface area (Å²) in [5.41, 5.74) is 1.62. The summed E-state index contributed by atoms with van der Waals surface area (Å²) in [5.74, 6) is -0.0328. The van der Waals surface area contributed by atoms with E-state index in [1.54, 1.807) is 23.5 Å². The van der Waals surface area contributed by atoms with Crippen molar-refractivity contribution in [3.05, 3.63) is 39.5 Å². The number of hydrogen-bond acceptors (Lipinski definition) is 4. The maximum Gasteiger partial charge on any atom is 0.221 e. The third-order valence-corrected chi connectivity index (χ3v) is 3.68. The lowest BCUT2D eigenvalue weighted by Crippen LogP contribution is -2.08. The number of anilines is 2. The van der Waals surface area contributed by atoms with Gasteiger partial charge >= 0.3 is 0 Å². The number of amides is 1. The molecule has 2 rings (SSSR count). The van der Waals surface area contributed by atoms with Crippen LogP contribution in [0.1, 0.15) is 11.8 Å². The van der Waals surface area contributed by atoms with Gasteiger partial charge in [0.15, 0.2) is 0 Å². The molecule has 0 bridgehead atoms. The minimum absolute atomic E-state index is 0.0577. The van der Waals surface area contributed by atoms with Crippen LogP contribution in [0.5, 0.6) is 5.75 Å². The van der Waals surface area contributed by atoms with E-state index in [0.29, 0.717) is 11.6 Å². The molecule has 0 fully saturated rings. The predicted octanol–water partition coefficient (Wildman–Crippen LogP) is 3.68. The maximum atomic E-state index is 11.0. The van der Waals surface area contributed by atoms with Gasteiger partial charge in [-0.1, -0.05) is 11.6 Å². The molecule has 1 amide bonds. The first kappa shape index (κ1) is 13.7. The summed E-state index contributed by atoms with van der Waals surface area (Å²) in [5, 5.41) is 17.5. The molecule has 0 radical (unpaired) electrons. The largest absolute Gasteiger partial charge is 0.506 e. The van der Waals surface area contributed by atoms with E-state index in [4.69, 9.17) is 11.6 Å². The normalized spacial score (nSPS) is 10.2. The molecule has 0 saturated carbocycles. The molecule has 2 aromatic rings. The van der Waals surface area contributed by atoms with Gasteiger partial charge in [0, 0.05) is 17.5 Å². The first-order valence-corrected chi connectivity index (χ1v) is 6.88. The number of carbonyl (C=O) groups excluding carboxylic acids is 1. The SMILES string of the molecule is CC(=O)Nc1ccsc1CNc1ccc(O)c(Cl)c1. The van der Waals surface area contributed by atoms with Crippen LogP contribution in [-0.2, 0) is 11.3 Å². The lowest BCUT2D eigenvalue weighted by molar-refractivity contribution is -0.114. The third-order valence-electron chi connectivity index (χ3n) is 2.46. The second-order valence-electron chi connectivity index (χ2n) is 3.96. The van der Waals surface area contributed by atoms with Crippen molar-refractivity contribution in [2.45, 2.75) is 13.5 Å². The Bertz CT molecular complexity index is 598. The molecule has 0 saturated heterocycles. The Morgan fingerprint density at radius 3 is 2.89 bits per heavy atom. The summed E-state index contributed by atoms with van der Waals surface area (Å²) in [4.78, 5) is 12.1. The number of halogens is 1. The van der Waals surface area contributed by atoms with Crippen LogP contribution in [0.4, 0.5) is 11.4 Å². The van der Waals surface area contributed by atoms with Crippen molar-refractivity contribution in [3.63, 3.8) is 0 Å². The zero-order valence-electron chi connectivity index (χ0n) is 10.2. The van der Waals surface area contributed by atoms with Gasteiger partial charge in [0.05, 0.1) is 17.3 Å². The van der Waals surface area contributed by atoms with Crippen LogP contribution in [0.2, 0.25) is 5.02 Å². The molecule has 0 unspecified atom stereocenters. The summed E-state index contributed by atoms with van der Waals surface area (Å²) in [6.07, 6.45) is 0. The highest BCUT2D eigenvalue weighted by Crippen LogP contribution is 2.28. The molecule has 1 aromatic heterocycles. The van der Waals surface area contributed by atoms with E-state index < -0.39 is 0 Å². The summed E-state index contributed by atoms with van der Waals surface area (Å²) in [6, 6.07) is 6.80. The van der Waals surface area contributed by atoms with Crippen LogP contribution < -0.4 is 10.6 Å². The number of hydrogen-bond donors (Lipinski definition) is 3. The molecule has 1 aromatic carbocycles. The van der Waals surface area contributed by atoms with Crippen molar-refractivity contribution < 1.29 is 9.90 Å². The summed E-state index contributed by atoms with van der Waals surface area (Å²) >= 11 is 7.39. The molecule has 0 aliphatic carbocycles. The topological polar surface area (TPSA) is 61.4 Å². The lowest BCUT2D eigenvalue weighted by atomic mass is 10.3. The zero-order chi connectivity index (χ0) is 13.8. The average molecular weight is 297 g/mol. The second-order valence-corrected chi connectivity index (χ2v) is 5.37. The Hall–Kier alpha value is -1.72. The van der Waals surface area contributed by atoms with Crippen LogP contribution in [0, 0.1) is 0 Å². The van der Waals surface area contributed by atoms with Crippen LogP contribution in [-0.4, -0.2) is 11.0 Å². The Morgan fingerprint density at radius 1 is 1.42 bits per heavy atom. The number of carbonyl (C=O) groups is 1. The van der Waals surface area contributed by atoms with Gasteiger partial charge in [0.2, 0.25) is 5.91 Å². The molecule has 3 N–H and O–H groups in total. The molecular formula is C13H13ClN2O2S. The van der Waals surface area contributed by atoms with E-state index >= 15 is 0 Å². The molecule has 0 atom stereocenters. The Labute approximate surface area is 120 Å². The molecular weight excluding hydrogens is 284 g/mol. The van der Waals surface area contributed by atoms with E-state index in [-0.39, 0.29) is 11.7 Å². The van der Waals surface area contributed by atoms with Crippen molar-refractivity contribution in [2.24, 2.45) is 0 Å². The van der Waals surface area contributed by atoms with Gasteiger partial charge in [-0.05, 0) is 29.6 Å². The van der Waals surface area contributed by atoms with Crippen molar-refractivity contribution in [2.75, 3.05) is 10.6 Å². The lowest BCUT2D eigenvalue weighted by Gasteiger charge is -2.08. The first-order chi connectivity index (χ1) is 9.06. The van der Waals surface area contributed by atoms with Crippen LogP contribution in [0.3, 0.4) is 0 Å². The van der Waals surface area contributed by atoms with Crippen LogP contribution in [0.15, 0.2) is 29.6 Å². The van der Waals surface area contributed by atoms with Gasteiger partial charge in [0.25, 0.3) is 0 Å². The van der Waals surface area contributed by atoms with Gasteiger partial charge in [-0.15, -0.1) is 11.3 Å². The number of phenols is 1. The molecule has 19 heavy (non-hydrogen) atoms. The number of rotatable bonds is 4. The number of aromatic hydroxyl groups is 1. The summed E-state index contributed by atoms with van der Waals surface area (Å²) in [7, 11) is 0. The molecule has 0 aliphatic heterocycles. The maximum absolute atomic E-state index is 11.0. The van der Waals surface area contributed by atoms with E-state index in [9.17, 15) is 9.90 Å². The van der Waals surface area contributed by atoms with Gasteiger partial charge in [0.1, 0.15) is 5.75 Å². The minimum Gasteiger partial charge on any atom is -0.506 e. The van der Waals surface area contributed by atoms with E-state index in [1.807, 2.05) is 11.4 Å². The molecule has 100 valence electrons. The van der Waals surface area contributed by atoms with Crippen LogP contribution >= 0.6 is 22.9 Å². The van der Waals surface area contributed by atoms with Crippen molar-refractivity contribution >= 4 is 40.2 Å². The average Bonchev–Trinajstić information content (AvgIpc) is 2.77. The van der Waals surface area contributed by atoms with Crippen molar-refractivity contribution in [3.8, 4) is 5.75 Å². The Kier molecular flexibility index (Phi) is 4.29. The van der Waals surface area contributed by atoms with Gasteiger partial charge < -0.3 is 15.7 Å². The van der Waals surface area contributed by atoms with Gasteiger partial charge in [-0.25, -0.2) is 0 Å². The highest BCUT2D eigenvalue weighted by Gasteiger charge is 2.06. The van der Waals surface area contributed by atoms with E-state index in [2.05, 4.69) is 10.6 Å². The standard InChI is InChI=1S/C13H13ClN2O2S/c1-8(17)16-11-4-5-19-13(11)7-15-9-2-3-12(18)10(14)6-9/h2-6,15,18H,7H2,1H3,(H,16,17). The van der Waals surface area contributed by atoms with E-state index in [0.717, 1.165) is 16.3 Å². The van der Waals surface area contributed by atoms with E-state index in [1.165, 1.54) is 13.0 Å². The van der Waals surface area contributed by atoms with Gasteiger partial charge in [-0.3, -0.25) is 4.79 Å². The monoisotopic (exact) mass is 296 g/mol. The molecule has 6 heteroatoms. The minimum atomic E-state index is -0.0904. The smallest absolute Gasteiger partial charge is 0.221 e. The number of nitrogens with one attached hydrogen (secondary N) is 2. The second kappa shape index (κ2) is 5.95.